The van der Waals surface area contributed by atoms with Crippen LogP contribution in [0.15, 0.2) is 46.9 Å². The molecule has 2 aliphatic rings. The molecular formula is C19H15BrN2O2. The second-order valence-corrected chi connectivity index (χ2v) is 7.62. The van der Waals surface area contributed by atoms with E-state index in [2.05, 4.69) is 32.6 Å². The number of ether oxygens (including phenoxy) is 1. The first kappa shape index (κ1) is 14.2. The van der Waals surface area contributed by atoms with Gasteiger partial charge in [-0.15, -0.1) is 0 Å². The standard InChI is InChI=1S/C19H15BrN2O2/c1-11-9-19(18(23)24-11)10-22-16-5-3-2-4-15(16)21-17(22)13-7-6-12(20)8-14(13)19/h2-8,11H,9-10H2,1H3. The number of nitrogens with zero attached hydrogens (tertiary/aromatic N) is 2. The Kier molecular flexibility index (Phi) is 2.78. The molecule has 0 amide bonds. The summed E-state index contributed by atoms with van der Waals surface area (Å²) < 4.78 is 8.71. The Morgan fingerprint density at radius 1 is 1.29 bits per heavy atom. The molecule has 4 nitrogen and oxygen atoms in total. The number of benzene rings is 2. The van der Waals surface area contributed by atoms with Gasteiger partial charge in [-0.2, -0.15) is 0 Å². The van der Waals surface area contributed by atoms with Crippen LogP contribution >= 0.6 is 15.9 Å². The Bertz CT molecular complexity index is 1010. The molecule has 3 heterocycles. The summed E-state index contributed by atoms with van der Waals surface area (Å²) >= 11 is 3.55. The lowest BCUT2D eigenvalue weighted by Crippen LogP contribution is -2.40. The number of cyclic esters (lactones) is 1. The van der Waals surface area contributed by atoms with Gasteiger partial charge in [-0.3, -0.25) is 4.79 Å². The molecule has 120 valence electrons. The second kappa shape index (κ2) is 4.70. The van der Waals surface area contributed by atoms with Crippen LogP contribution in [0.3, 0.4) is 0 Å². The summed E-state index contributed by atoms with van der Waals surface area (Å²) in [5.74, 6) is 0.800. The summed E-state index contributed by atoms with van der Waals surface area (Å²) in [6, 6.07) is 14.2. The Balaban J connectivity index is 1.87. The molecule has 1 aromatic heterocycles. The zero-order chi connectivity index (χ0) is 16.5. The molecule has 0 saturated carbocycles. The summed E-state index contributed by atoms with van der Waals surface area (Å²) in [5.41, 5.74) is 3.43. The van der Waals surface area contributed by atoms with E-state index in [-0.39, 0.29) is 12.1 Å². The minimum Gasteiger partial charge on any atom is -0.462 e. The van der Waals surface area contributed by atoms with Crippen LogP contribution in [-0.4, -0.2) is 21.6 Å². The number of esters is 1. The molecule has 1 fully saturated rings. The van der Waals surface area contributed by atoms with Crippen molar-refractivity contribution in [2.75, 3.05) is 0 Å². The van der Waals surface area contributed by atoms with Crippen LogP contribution in [-0.2, 0) is 21.5 Å². The average molecular weight is 383 g/mol. The molecule has 2 unspecified atom stereocenters. The fourth-order valence-electron chi connectivity index (χ4n) is 4.16. The van der Waals surface area contributed by atoms with Crippen molar-refractivity contribution in [2.45, 2.75) is 31.4 Å². The normalized spacial score (nSPS) is 24.9. The zero-order valence-electron chi connectivity index (χ0n) is 13.1. The number of carbonyl (C=O) groups excluding carboxylic acids is 1. The zero-order valence-corrected chi connectivity index (χ0v) is 14.7. The minimum atomic E-state index is -0.630. The van der Waals surface area contributed by atoms with E-state index in [4.69, 9.17) is 9.72 Å². The monoisotopic (exact) mass is 382 g/mol. The molecule has 1 spiro atoms. The lowest BCUT2D eigenvalue weighted by molar-refractivity contribution is -0.145. The van der Waals surface area contributed by atoms with Gasteiger partial charge in [0.25, 0.3) is 0 Å². The van der Waals surface area contributed by atoms with Gasteiger partial charge in [-0.05, 0) is 42.8 Å². The molecule has 5 heteroatoms. The van der Waals surface area contributed by atoms with Crippen molar-refractivity contribution in [3.8, 4) is 11.4 Å². The van der Waals surface area contributed by atoms with Gasteiger partial charge in [-0.1, -0.05) is 28.1 Å². The minimum absolute atomic E-state index is 0.0688. The van der Waals surface area contributed by atoms with Crippen molar-refractivity contribution in [1.29, 1.82) is 0 Å². The van der Waals surface area contributed by atoms with Crippen molar-refractivity contribution < 1.29 is 9.53 Å². The molecule has 2 aromatic carbocycles. The third-order valence-electron chi connectivity index (χ3n) is 5.16. The predicted octanol–water partition coefficient (Wildman–Crippen LogP) is 4.05. The fourth-order valence-corrected chi connectivity index (χ4v) is 4.52. The molecule has 0 bridgehead atoms. The lowest BCUT2D eigenvalue weighted by Gasteiger charge is -2.33. The van der Waals surface area contributed by atoms with E-state index in [1.54, 1.807) is 0 Å². The summed E-state index contributed by atoms with van der Waals surface area (Å²) in [7, 11) is 0. The molecule has 2 aliphatic heterocycles. The highest BCUT2D eigenvalue weighted by Gasteiger charge is 2.53. The first-order chi connectivity index (χ1) is 11.6. The number of para-hydroxylation sites is 2. The van der Waals surface area contributed by atoms with Gasteiger partial charge in [0.1, 0.15) is 17.3 Å². The van der Waals surface area contributed by atoms with Crippen LogP contribution in [0.1, 0.15) is 18.9 Å². The average Bonchev–Trinajstić information content (AvgIpc) is 3.06. The summed E-state index contributed by atoms with van der Waals surface area (Å²) in [6.07, 6.45) is 0.627. The second-order valence-electron chi connectivity index (χ2n) is 6.70. The smallest absolute Gasteiger partial charge is 0.318 e. The van der Waals surface area contributed by atoms with E-state index < -0.39 is 5.41 Å². The third-order valence-corrected chi connectivity index (χ3v) is 5.65. The van der Waals surface area contributed by atoms with Gasteiger partial charge in [0.05, 0.1) is 11.0 Å². The first-order valence-electron chi connectivity index (χ1n) is 8.05. The maximum atomic E-state index is 12.8. The van der Waals surface area contributed by atoms with Gasteiger partial charge < -0.3 is 9.30 Å². The largest absolute Gasteiger partial charge is 0.462 e. The van der Waals surface area contributed by atoms with Gasteiger partial charge in [0, 0.05) is 23.0 Å². The van der Waals surface area contributed by atoms with E-state index >= 15 is 0 Å². The number of fused-ring (bicyclic) bond motifs is 6. The molecule has 0 radical (unpaired) electrons. The molecule has 24 heavy (non-hydrogen) atoms. The highest BCUT2D eigenvalue weighted by atomic mass is 79.9. The van der Waals surface area contributed by atoms with Gasteiger partial charge in [0.15, 0.2) is 0 Å². The number of imidazole rings is 1. The summed E-state index contributed by atoms with van der Waals surface area (Å²) in [4.78, 5) is 17.7. The quantitative estimate of drug-likeness (QED) is 0.550. The van der Waals surface area contributed by atoms with Crippen molar-refractivity contribution in [2.24, 2.45) is 0 Å². The topological polar surface area (TPSA) is 44.1 Å². The summed E-state index contributed by atoms with van der Waals surface area (Å²) in [6.45, 7) is 2.54. The van der Waals surface area contributed by atoms with E-state index in [1.165, 1.54) is 0 Å². The van der Waals surface area contributed by atoms with E-state index in [0.717, 1.165) is 32.5 Å². The Morgan fingerprint density at radius 2 is 2.12 bits per heavy atom. The highest BCUT2D eigenvalue weighted by molar-refractivity contribution is 9.10. The van der Waals surface area contributed by atoms with Crippen LogP contribution in [0.5, 0.6) is 0 Å². The van der Waals surface area contributed by atoms with Crippen LogP contribution in [0.2, 0.25) is 0 Å². The Labute approximate surface area is 147 Å². The maximum Gasteiger partial charge on any atom is 0.318 e. The van der Waals surface area contributed by atoms with Gasteiger partial charge in [0.2, 0.25) is 0 Å². The lowest BCUT2D eigenvalue weighted by atomic mass is 9.73. The Morgan fingerprint density at radius 3 is 2.92 bits per heavy atom. The van der Waals surface area contributed by atoms with E-state index in [1.807, 2.05) is 37.3 Å². The number of carbonyl (C=O) groups is 1. The van der Waals surface area contributed by atoms with E-state index in [9.17, 15) is 4.79 Å². The highest BCUT2D eigenvalue weighted by Crippen LogP contribution is 2.48. The van der Waals surface area contributed by atoms with Crippen LogP contribution in [0, 0.1) is 0 Å². The molecule has 1 saturated heterocycles. The molecular weight excluding hydrogens is 368 g/mol. The van der Waals surface area contributed by atoms with Crippen molar-refractivity contribution in [3.63, 3.8) is 0 Å². The summed E-state index contributed by atoms with van der Waals surface area (Å²) in [5, 5.41) is 0. The number of aromatic nitrogens is 2. The molecule has 0 N–H and O–H groups in total. The number of hydrogen-bond acceptors (Lipinski definition) is 3. The maximum absolute atomic E-state index is 12.8. The number of rotatable bonds is 0. The SMILES string of the molecule is CC1CC2(Cn3c(nc4ccccc43)-c3ccc(Br)cc32)C(=O)O1. The van der Waals surface area contributed by atoms with Crippen LogP contribution in [0.4, 0.5) is 0 Å². The number of hydrogen-bond donors (Lipinski definition) is 0. The molecule has 0 aliphatic carbocycles. The molecule has 3 aromatic rings. The van der Waals surface area contributed by atoms with Crippen LogP contribution in [0.25, 0.3) is 22.4 Å². The first-order valence-corrected chi connectivity index (χ1v) is 8.84. The van der Waals surface area contributed by atoms with Crippen molar-refractivity contribution >= 4 is 32.9 Å². The van der Waals surface area contributed by atoms with Crippen LogP contribution < -0.4 is 0 Å². The third kappa shape index (κ3) is 1.73. The Hall–Kier alpha value is -2.14. The molecule has 2 atom stereocenters. The number of halogens is 1. The van der Waals surface area contributed by atoms with Gasteiger partial charge >= 0.3 is 5.97 Å². The fraction of sp³-hybridized carbons (Fsp3) is 0.263. The van der Waals surface area contributed by atoms with Crippen molar-refractivity contribution in [1.82, 2.24) is 9.55 Å². The molecule has 5 rings (SSSR count). The van der Waals surface area contributed by atoms with E-state index in [0.29, 0.717) is 13.0 Å². The van der Waals surface area contributed by atoms with Gasteiger partial charge in [-0.25, -0.2) is 4.98 Å². The van der Waals surface area contributed by atoms with Crippen molar-refractivity contribution in [3.05, 3.63) is 52.5 Å². The predicted molar refractivity (Wildman–Crippen MR) is 94.7 cm³/mol.